The molecule has 0 radical (unpaired) electrons. The Morgan fingerprint density at radius 1 is 1.05 bits per heavy atom. The highest BCUT2D eigenvalue weighted by Gasteiger charge is 2.41. The summed E-state index contributed by atoms with van der Waals surface area (Å²) >= 11 is 1.73. The molecule has 3 heterocycles. The summed E-state index contributed by atoms with van der Waals surface area (Å²) in [6.07, 6.45) is 2.75. The number of benzene rings is 2. The van der Waals surface area contributed by atoms with Crippen LogP contribution < -0.4 is 20.0 Å². The maximum Gasteiger partial charge on any atom is 0.328 e. The van der Waals surface area contributed by atoms with Crippen molar-refractivity contribution in [2.75, 3.05) is 16.5 Å². The number of sulfonamides is 1. The molecule has 10 nitrogen and oxygen atoms in total. The Morgan fingerprint density at radius 3 is 2.48 bits per heavy atom. The normalized spacial score (nSPS) is 14.3. The van der Waals surface area contributed by atoms with Gasteiger partial charge < -0.3 is 15.1 Å². The number of carbonyl (C=O) groups excluding carboxylic acids is 2. The van der Waals surface area contributed by atoms with Crippen molar-refractivity contribution >= 4 is 51.1 Å². The van der Waals surface area contributed by atoms with E-state index < -0.39 is 16.1 Å². The summed E-state index contributed by atoms with van der Waals surface area (Å²) in [5.41, 5.74) is 5.36. The van der Waals surface area contributed by atoms with E-state index in [0.29, 0.717) is 12.9 Å². The van der Waals surface area contributed by atoms with Gasteiger partial charge in [0.05, 0.1) is 4.90 Å². The second-order valence-electron chi connectivity index (χ2n) is 10.7. The van der Waals surface area contributed by atoms with E-state index in [4.69, 9.17) is 9.82 Å². The Labute approximate surface area is 261 Å². The zero-order chi connectivity index (χ0) is 31.3. The van der Waals surface area contributed by atoms with E-state index in [0.717, 1.165) is 58.8 Å². The summed E-state index contributed by atoms with van der Waals surface area (Å²) in [7, 11) is -3.96. The van der Waals surface area contributed by atoms with Crippen molar-refractivity contribution in [3.05, 3.63) is 99.4 Å². The van der Waals surface area contributed by atoms with Gasteiger partial charge in [-0.3, -0.25) is 4.79 Å². The molecule has 0 fully saturated rings. The second-order valence-corrected chi connectivity index (χ2v) is 13.4. The highest BCUT2D eigenvalue weighted by Crippen LogP contribution is 2.46. The summed E-state index contributed by atoms with van der Waals surface area (Å²) in [5, 5.41) is 6.36. The molecule has 0 saturated carbocycles. The number of urea groups is 1. The third-order valence-corrected chi connectivity index (χ3v) is 9.69. The molecule has 0 spiro atoms. The number of aryl methyl sites for hydroxylation is 4. The van der Waals surface area contributed by atoms with E-state index >= 15 is 0 Å². The van der Waals surface area contributed by atoms with Crippen LogP contribution in [-0.2, 0) is 32.5 Å². The average Bonchev–Trinajstić information content (AvgIpc) is 3.60. The van der Waals surface area contributed by atoms with Crippen molar-refractivity contribution in [3.8, 4) is 0 Å². The van der Waals surface area contributed by atoms with Crippen molar-refractivity contribution < 1.29 is 22.8 Å². The van der Waals surface area contributed by atoms with Crippen LogP contribution in [0, 0.1) is 20.8 Å². The van der Waals surface area contributed by atoms with Gasteiger partial charge in [-0.05, 0) is 99.4 Å². The van der Waals surface area contributed by atoms with Crippen LogP contribution in [0.25, 0.3) is 0 Å². The van der Waals surface area contributed by atoms with E-state index in [9.17, 15) is 18.0 Å². The van der Waals surface area contributed by atoms with Gasteiger partial charge >= 0.3 is 12.5 Å². The molecule has 1 aliphatic rings. The largest absolute Gasteiger partial charge is 0.342 e. The van der Waals surface area contributed by atoms with Crippen LogP contribution in [0.2, 0.25) is 0 Å². The molecule has 1 atom stereocenters. The zero-order valence-corrected chi connectivity index (χ0v) is 26.5. The van der Waals surface area contributed by atoms with Crippen molar-refractivity contribution in [1.29, 1.82) is 0 Å². The third kappa shape index (κ3) is 7.03. The van der Waals surface area contributed by atoms with Gasteiger partial charge in [-0.15, -0.1) is 11.3 Å². The molecule has 0 saturated heterocycles. The Balaban J connectivity index is 1.27. The molecule has 2 N–H and O–H groups in total. The number of pyridine rings is 1. The van der Waals surface area contributed by atoms with Crippen molar-refractivity contribution in [2.24, 2.45) is 0 Å². The number of amides is 2. The van der Waals surface area contributed by atoms with E-state index in [1.807, 2.05) is 57.2 Å². The smallest absolute Gasteiger partial charge is 0.328 e. The highest BCUT2D eigenvalue weighted by atomic mass is 32.2. The molecule has 0 bridgehead atoms. The number of rotatable bonds is 12. The number of nitrogens with one attached hydrogen (secondary N) is 2. The van der Waals surface area contributed by atoms with Crippen LogP contribution in [0.4, 0.5) is 22.0 Å². The van der Waals surface area contributed by atoms with Gasteiger partial charge in [0.1, 0.15) is 11.9 Å². The highest BCUT2D eigenvalue weighted by molar-refractivity contribution is 7.90. The number of hydrogen-bond donors (Lipinski definition) is 2. The molecule has 230 valence electrons. The SMILES string of the molecule is Cc1ccc(S(=O)(=O)NC(=O)NCCc2ccc(N3c4nc(C)cc(C)c4N(OC=O)C3CCCc3cccs3)cc2)cc1. The Bertz CT molecular complexity index is 1710. The maximum absolute atomic E-state index is 12.5. The van der Waals surface area contributed by atoms with Crippen LogP contribution in [0.1, 0.15) is 40.1 Å². The lowest BCUT2D eigenvalue weighted by atomic mass is 10.1. The predicted molar refractivity (Wildman–Crippen MR) is 172 cm³/mol. The average molecular weight is 634 g/mol. The lowest BCUT2D eigenvalue weighted by Gasteiger charge is -2.30. The molecule has 0 aliphatic carbocycles. The summed E-state index contributed by atoms with van der Waals surface area (Å²) in [5.74, 6) is 0.728. The number of thiophene rings is 1. The predicted octanol–water partition coefficient (Wildman–Crippen LogP) is 5.69. The van der Waals surface area contributed by atoms with Crippen LogP contribution in [-0.4, -0.2) is 38.6 Å². The molecule has 2 amide bonds. The number of hydroxylamine groups is 1. The monoisotopic (exact) mass is 633 g/mol. The first-order chi connectivity index (χ1) is 21.2. The number of hydrogen-bond acceptors (Lipinski definition) is 9. The molecule has 4 aromatic rings. The Morgan fingerprint density at radius 2 is 1.80 bits per heavy atom. The fourth-order valence-corrected chi connectivity index (χ4v) is 7.03. The van der Waals surface area contributed by atoms with E-state index in [2.05, 4.69) is 26.4 Å². The lowest BCUT2D eigenvalue weighted by Crippen LogP contribution is -2.41. The third-order valence-electron chi connectivity index (χ3n) is 7.40. The molecular weight excluding hydrogens is 599 g/mol. The van der Waals surface area contributed by atoms with Crippen molar-refractivity contribution in [1.82, 2.24) is 15.0 Å². The summed E-state index contributed by atoms with van der Waals surface area (Å²) in [6.45, 7) is 6.48. The van der Waals surface area contributed by atoms with Gasteiger partial charge in [-0.2, -0.15) is 5.06 Å². The first-order valence-corrected chi connectivity index (χ1v) is 16.7. The summed E-state index contributed by atoms with van der Waals surface area (Å²) in [4.78, 5) is 37.7. The fraction of sp³-hybridized carbons (Fsp3) is 0.281. The molecule has 1 aliphatic heterocycles. The van der Waals surface area contributed by atoms with Crippen LogP contribution in [0.15, 0.2) is 77.0 Å². The van der Waals surface area contributed by atoms with Gasteiger partial charge in [0.15, 0.2) is 5.82 Å². The van der Waals surface area contributed by atoms with Crippen LogP contribution >= 0.6 is 11.3 Å². The molecule has 12 heteroatoms. The minimum atomic E-state index is -3.96. The zero-order valence-electron chi connectivity index (χ0n) is 24.8. The first kappa shape index (κ1) is 31.0. The number of nitrogens with zero attached hydrogens (tertiary/aromatic N) is 3. The molecule has 2 aromatic heterocycles. The molecule has 5 rings (SSSR count). The maximum atomic E-state index is 12.5. The molecule has 1 unspecified atom stereocenters. The van der Waals surface area contributed by atoms with Gasteiger partial charge in [0.2, 0.25) is 0 Å². The minimum Gasteiger partial charge on any atom is -0.342 e. The van der Waals surface area contributed by atoms with E-state index in [1.54, 1.807) is 28.5 Å². The first-order valence-electron chi connectivity index (χ1n) is 14.3. The topological polar surface area (TPSA) is 121 Å². The minimum absolute atomic E-state index is 0.0270. The fourth-order valence-electron chi connectivity index (χ4n) is 5.35. The number of carbonyl (C=O) groups is 2. The van der Waals surface area contributed by atoms with Crippen molar-refractivity contribution in [2.45, 2.75) is 57.5 Å². The molecule has 2 aromatic carbocycles. The molecule has 44 heavy (non-hydrogen) atoms. The second kappa shape index (κ2) is 13.5. The van der Waals surface area contributed by atoms with E-state index in [1.165, 1.54) is 17.0 Å². The van der Waals surface area contributed by atoms with Crippen molar-refractivity contribution in [3.63, 3.8) is 0 Å². The van der Waals surface area contributed by atoms with E-state index in [-0.39, 0.29) is 17.6 Å². The number of aromatic nitrogens is 1. The standard InChI is InChI=1S/C32H35N5O5S2/c1-22-9-15-28(16-10-22)44(40,41)35-32(39)33-18-17-25-11-13-26(14-12-25)36-29(8-4-6-27-7-5-19-43-27)37(42-21-38)30-23(2)20-24(3)34-31(30)36/h5,7,9-16,19-21,29H,4,6,8,17-18H2,1-3H3,(H2,33,35,39). The lowest BCUT2D eigenvalue weighted by molar-refractivity contribution is -0.130. The Kier molecular flexibility index (Phi) is 9.50. The van der Waals surface area contributed by atoms with Crippen LogP contribution in [0.3, 0.4) is 0 Å². The number of anilines is 3. The van der Waals surface area contributed by atoms with Gasteiger partial charge in [0, 0.05) is 22.8 Å². The molecular formula is C32H35N5O5S2. The van der Waals surface area contributed by atoms with Gasteiger partial charge in [0.25, 0.3) is 10.0 Å². The number of fused-ring (bicyclic) bond motifs is 1. The summed E-state index contributed by atoms with van der Waals surface area (Å²) < 4.78 is 27.0. The summed E-state index contributed by atoms with van der Waals surface area (Å²) in [6, 6.07) is 19.5. The Hall–Kier alpha value is -4.42. The quantitative estimate of drug-likeness (QED) is 0.191. The van der Waals surface area contributed by atoms with Gasteiger partial charge in [-0.25, -0.2) is 22.9 Å². The van der Waals surface area contributed by atoms with Gasteiger partial charge in [-0.1, -0.05) is 35.9 Å². The van der Waals surface area contributed by atoms with Crippen LogP contribution in [0.5, 0.6) is 0 Å².